The van der Waals surface area contributed by atoms with Gasteiger partial charge in [-0.15, -0.1) is 23.7 Å². The number of hydrogen-bond donors (Lipinski definition) is 2. The highest BCUT2D eigenvalue weighted by Crippen LogP contribution is 2.26. The molecule has 0 amide bonds. The number of rotatable bonds is 5. The molecule has 1 saturated carbocycles. The number of ether oxygens (including phenoxy) is 1. The summed E-state index contributed by atoms with van der Waals surface area (Å²) in [5.74, 6) is -0.767. The number of methoxy groups -OCH3 is 1. The van der Waals surface area contributed by atoms with Crippen LogP contribution in [0.2, 0.25) is 0 Å². The zero-order chi connectivity index (χ0) is 15.5. The molecule has 0 atom stereocenters. The maximum absolute atomic E-state index is 12.3. The predicted molar refractivity (Wildman–Crippen MR) is 85.9 cm³/mol. The second-order valence-corrected chi connectivity index (χ2v) is 8.04. The minimum atomic E-state index is -3.82. The fourth-order valence-electron chi connectivity index (χ4n) is 2.40. The molecule has 10 heteroatoms. The van der Waals surface area contributed by atoms with Gasteiger partial charge in [0.25, 0.3) is 10.0 Å². The van der Waals surface area contributed by atoms with Crippen molar-refractivity contribution in [3.63, 3.8) is 0 Å². The van der Waals surface area contributed by atoms with E-state index in [2.05, 4.69) is 14.4 Å². The van der Waals surface area contributed by atoms with E-state index in [0.717, 1.165) is 43.4 Å². The van der Waals surface area contributed by atoms with Crippen molar-refractivity contribution in [2.24, 2.45) is 5.73 Å². The van der Waals surface area contributed by atoms with E-state index in [0.29, 0.717) is 0 Å². The van der Waals surface area contributed by atoms with Crippen LogP contribution in [0, 0.1) is 0 Å². The minimum Gasteiger partial charge on any atom is -0.464 e. The summed E-state index contributed by atoms with van der Waals surface area (Å²) in [5.41, 5.74) is 6.82. The van der Waals surface area contributed by atoms with Gasteiger partial charge in [-0.3, -0.25) is 0 Å². The number of carbonyl (C=O) groups is 1. The molecule has 1 aromatic heterocycles. The quantitative estimate of drug-likeness (QED) is 0.756. The topological polar surface area (TPSA) is 111 Å². The van der Waals surface area contributed by atoms with Crippen molar-refractivity contribution in [2.75, 3.05) is 13.7 Å². The van der Waals surface area contributed by atoms with E-state index in [1.54, 1.807) is 0 Å². The number of carbonyl (C=O) groups excluding carboxylic acids is 1. The first kappa shape index (κ1) is 19.3. The fraction of sp³-hybridized carbons (Fsp3) is 0.667. The van der Waals surface area contributed by atoms with Crippen molar-refractivity contribution in [3.8, 4) is 0 Å². The highest BCUT2D eigenvalue weighted by atomic mass is 35.5. The molecule has 126 valence electrons. The lowest BCUT2D eigenvalue weighted by Crippen LogP contribution is -2.51. The van der Waals surface area contributed by atoms with Gasteiger partial charge in [-0.25, -0.2) is 22.9 Å². The van der Waals surface area contributed by atoms with Gasteiger partial charge in [-0.05, 0) is 12.8 Å². The van der Waals surface area contributed by atoms with Crippen molar-refractivity contribution >= 4 is 39.7 Å². The first-order valence-corrected chi connectivity index (χ1v) is 9.05. The van der Waals surface area contributed by atoms with Crippen LogP contribution in [0.15, 0.2) is 9.72 Å². The number of esters is 1. The molecule has 1 fully saturated rings. The lowest BCUT2D eigenvalue weighted by Gasteiger charge is -2.33. The van der Waals surface area contributed by atoms with Crippen molar-refractivity contribution in [3.05, 3.63) is 11.2 Å². The number of nitrogens with one attached hydrogen (secondary N) is 1. The zero-order valence-electron chi connectivity index (χ0n) is 12.2. The molecule has 1 aliphatic rings. The normalized spacial score (nSPS) is 17.5. The van der Waals surface area contributed by atoms with Gasteiger partial charge in [0.2, 0.25) is 0 Å². The Morgan fingerprint density at radius 1 is 1.45 bits per heavy atom. The van der Waals surface area contributed by atoms with Crippen LogP contribution in [0.4, 0.5) is 0 Å². The summed E-state index contributed by atoms with van der Waals surface area (Å²) in [6.45, 7) is 0.161. The standard InChI is InChI=1S/C12H19N3O4S2.ClH/c1-19-10(16)9-11(20-8-14-9)21(17,18)15-7-12(13)5-3-2-4-6-12;/h8,15H,2-7,13H2,1H3;1H. The molecule has 1 aromatic rings. The van der Waals surface area contributed by atoms with Crippen LogP contribution in [0.25, 0.3) is 0 Å². The van der Waals surface area contributed by atoms with Crippen LogP contribution >= 0.6 is 23.7 Å². The maximum Gasteiger partial charge on any atom is 0.358 e. The van der Waals surface area contributed by atoms with Crippen molar-refractivity contribution in [2.45, 2.75) is 41.9 Å². The van der Waals surface area contributed by atoms with Gasteiger partial charge in [0, 0.05) is 12.1 Å². The van der Waals surface area contributed by atoms with Gasteiger partial charge in [-0.1, -0.05) is 19.3 Å². The van der Waals surface area contributed by atoms with E-state index >= 15 is 0 Å². The molecule has 0 spiro atoms. The third-order valence-corrected chi connectivity index (χ3v) is 6.39. The van der Waals surface area contributed by atoms with Crippen LogP contribution < -0.4 is 10.5 Å². The molecule has 1 heterocycles. The third-order valence-electron chi connectivity index (χ3n) is 3.62. The Balaban J connectivity index is 0.00000242. The predicted octanol–water partition coefficient (Wildman–Crippen LogP) is 1.29. The molecule has 0 aromatic carbocycles. The number of sulfonamides is 1. The van der Waals surface area contributed by atoms with E-state index in [1.807, 2.05) is 0 Å². The number of aromatic nitrogens is 1. The summed E-state index contributed by atoms with van der Waals surface area (Å²) >= 11 is 0.882. The highest BCUT2D eigenvalue weighted by Gasteiger charge is 2.32. The van der Waals surface area contributed by atoms with Gasteiger partial charge < -0.3 is 10.5 Å². The molecular formula is C12H20ClN3O4S2. The van der Waals surface area contributed by atoms with E-state index in [1.165, 1.54) is 12.6 Å². The summed E-state index contributed by atoms with van der Waals surface area (Å²) in [4.78, 5) is 15.3. The number of nitrogens with two attached hydrogens (primary N) is 1. The van der Waals surface area contributed by atoms with Crippen molar-refractivity contribution in [1.29, 1.82) is 0 Å². The van der Waals surface area contributed by atoms with Crippen LogP contribution in [-0.4, -0.2) is 38.6 Å². The lowest BCUT2D eigenvalue weighted by atomic mass is 9.83. The SMILES string of the molecule is COC(=O)c1ncsc1S(=O)(=O)NCC1(N)CCCCC1.Cl. The molecule has 0 bridgehead atoms. The Morgan fingerprint density at radius 3 is 2.68 bits per heavy atom. The number of halogens is 1. The number of nitrogens with zero attached hydrogens (tertiary/aromatic N) is 1. The summed E-state index contributed by atoms with van der Waals surface area (Å²) < 4.78 is 31.5. The molecule has 2 rings (SSSR count). The van der Waals surface area contributed by atoms with E-state index in [4.69, 9.17) is 5.73 Å². The summed E-state index contributed by atoms with van der Waals surface area (Å²) in [7, 11) is -2.63. The monoisotopic (exact) mass is 369 g/mol. The van der Waals surface area contributed by atoms with Crippen LogP contribution in [0.3, 0.4) is 0 Å². The fourth-order valence-corrected chi connectivity index (χ4v) is 4.71. The molecule has 1 aliphatic carbocycles. The first-order chi connectivity index (χ1) is 9.88. The smallest absolute Gasteiger partial charge is 0.358 e. The van der Waals surface area contributed by atoms with Crippen LogP contribution in [0.5, 0.6) is 0 Å². The highest BCUT2D eigenvalue weighted by molar-refractivity contribution is 7.91. The molecule has 0 unspecified atom stereocenters. The largest absolute Gasteiger partial charge is 0.464 e. The lowest BCUT2D eigenvalue weighted by molar-refractivity contribution is 0.0590. The Bertz CT molecular complexity index is 612. The molecule has 0 saturated heterocycles. The molecular weight excluding hydrogens is 350 g/mol. The Labute approximate surface area is 140 Å². The second kappa shape index (κ2) is 7.69. The third kappa shape index (κ3) is 4.39. The molecule has 0 aliphatic heterocycles. The van der Waals surface area contributed by atoms with Crippen molar-refractivity contribution < 1.29 is 17.9 Å². The Hall–Kier alpha value is -0.740. The van der Waals surface area contributed by atoms with E-state index in [-0.39, 0.29) is 28.9 Å². The molecule has 0 radical (unpaired) electrons. The molecule has 22 heavy (non-hydrogen) atoms. The van der Waals surface area contributed by atoms with Crippen LogP contribution in [-0.2, 0) is 14.8 Å². The maximum atomic E-state index is 12.3. The van der Waals surface area contributed by atoms with Gasteiger partial charge in [0.05, 0.1) is 12.6 Å². The average Bonchev–Trinajstić information content (AvgIpc) is 2.96. The van der Waals surface area contributed by atoms with Crippen molar-refractivity contribution in [1.82, 2.24) is 9.71 Å². The van der Waals surface area contributed by atoms with Gasteiger partial charge in [0.1, 0.15) is 0 Å². The summed E-state index contributed by atoms with van der Waals surface area (Å²) in [6.07, 6.45) is 4.73. The minimum absolute atomic E-state index is 0. The Kier molecular flexibility index (Phi) is 6.75. The summed E-state index contributed by atoms with van der Waals surface area (Å²) in [6, 6.07) is 0. The van der Waals surface area contributed by atoms with E-state index in [9.17, 15) is 13.2 Å². The van der Waals surface area contributed by atoms with Crippen LogP contribution in [0.1, 0.15) is 42.6 Å². The molecule has 3 N–H and O–H groups in total. The van der Waals surface area contributed by atoms with Gasteiger partial charge in [-0.2, -0.15) is 0 Å². The number of thiazole rings is 1. The van der Waals surface area contributed by atoms with E-state index < -0.39 is 21.5 Å². The second-order valence-electron chi connectivity index (χ2n) is 5.23. The number of hydrogen-bond acceptors (Lipinski definition) is 7. The summed E-state index contributed by atoms with van der Waals surface area (Å²) in [5, 5.41) is 0. The van der Waals surface area contributed by atoms with Gasteiger partial charge in [0.15, 0.2) is 9.90 Å². The average molecular weight is 370 g/mol. The Morgan fingerprint density at radius 2 is 2.09 bits per heavy atom. The zero-order valence-corrected chi connectivity index (χ0v) is 14.7. The van der Waals surface area contributed by atoms with Gasteiger partial charge >= 0.3 is 5.97 Å². The first-order valence-electron chi connectivity index (χ1n) is 6.68. The molecule has 7 nitrogen and oxygen atoms in total.